The van der Waals surface area contributed by atoms with E-state index in [2.05, 4.69) is 43.1 Å². The van der Waals surface area contributed by atoms with Gasteiger partial charge in [0.05, 0.1) is 6.61 Å². The van der Waals surface area contributed by atoms with Crippen LogP contribution in [0, 0.1) is 0 Å². The normalized spacial score (nSPS) is 10.9. The maximum atomic E-state index is 5.45. The maximum absolute atomic E-state index is 5.45. The van der Waals surface area contributed by atoms with Gasteiger partial charge in [0.25, 0.3) is 0 Å². The monoisotopic (exact) mass is 263 g/mol. The zero-order valence-corrected chi connectivity index (χ0v) is 12.8. The fraction of sp³-hybridized carbons (Fsp3) is 0.647. The van der Waals surface area contributed by atoms with Gasteiger partial charge in [-0.25, -0.2) is 0 Å². The van der Waals surface area contributed by atoms with Crippen molar-refractivity contribution in [1.29, 1.82) is 0 Å². The molecule has 1 rings (SSSR count). The second-order valence-corrected chi connectivity index (χ2v) is 5.23. The molecule has 2 nitrogen and oxygen atoms in total. The minimum atomic E-state index is 0.733. The van der Waals surface area contributed by atoms with E-state index in [0.29, 0.717) is 0 Å². The predicted molar refractivity (Wildman–Crippen MR) is 82.7 cm³/mol. The number of unbranched alkanes of at least 4 members (excludes halogenated alkanes) is 4. The second-order valence-electron chi connectivity index (χ2n) is 5.23. The number of hydrogen-bond donors (Lipinski definition) is 0. The lowest BCUT2D eigenvalue weighted by Gasteiger charge is -2.16. The van der Waals surface area contributed by atoms with E-state index in [1.165, 1.54) is 44.2 Å². The molecule has 1 aromatic carbocycles. The first-order valence-corrected chi connectivity index (χ1v) is 7.66. The van der Waals surface area contributed by atoms with Gasteiger partial charge in [-0.15, -0.1) is 0 Å². The topological polar surface area (TPSA) is 12.5 Å². The zero-order chi connectivity index (χ0) is 13.9. The van der Waals surface area contributed by atoms with E-state index in [1.807, 2.05) is 6.92 Å². The van der Waals surface area contributed by atoms with Gasteiger partial charge in [-0.2, -0.15) is 0 Å². The van der Waals surface area contributed by atoms with Crippen molar-refractivity contribution in [2.45, 2.75) is 52.5 Å². The van der Waals surface area contributed by atoms with E-state index >= 15 is 0 Å². The van der Waals surface area contributed by atoms with Crippen LogP contribution < -0.4 is 4.74 Å². The minimum Gasteiger partial charge on any atom is -0.494 e. The molecule has 0 spiro atoms. The highest BCUT2D eigenvalue weighted by Crippen LogP contribution is 2.13. The van der Waals surface area contributed by atoms with Crippen molar-refractivity contribution in [3.05, 3.63) is 29.8 Å². The molecular weight excluding hydrogens is 234 g/mol. The van der Waals surface area contributed by atoms with Crippen molar-refractivity contribution in [2.24, 2.45) is 0 Å². The fourth-order valence-electron chi connectivity index (χ4n) is 2.23. The van der Waals surface area contributed by atoms with Gasteiger partial charge in [0.15, 0.2) is 0 Å². The lowest BCUT2D eigenvalue weighted by Crippen LogP contribution is -2.19. The first-order chi connectivity index (χ1) is 9.26. The number of ether oxygens (including phenoxy) is 1. The Kier molecular flexibility index (Phi) is 8.31. The summed E-state index contributed by atoms with van der Waals surface area (Å²) >= 11 is 0. The van der Waals surface area contributed by atoms with Crippen LogP contribution >= 0.6 is 0 Å². The SMILES string of the molecule is CCCCCCCN(C)Cc1ccc(OCC)cc1. The van der Waals surface area contributed by atoms with Gasteiger partial charge in [-0.3, -0.25) is 0 Å². The molecule has 0 aromatic heterocycles. The first kappa shape index (κ1) is 16.0. The standard InChI is InChI=1S/C17H29NO/c1-4-6-7-8-9-14-18(3)15-16-10-12-17(13-11-16)19-5-2/h10-13H,4-9,14-15H2,1-3H3. The van der Waals surface area contributed by atoms with E-state index in [4.69, 9.17) is 4.74 Å². The van der Waals surface area contributed by atoms with Crippen LogP contribution in [0.3, 0.4) is 0 Å². The minimum absolute atomic E-state index is 0.733. The molecule has 108 valence electrons. The summed E-state index contributed by atoms with van der Waals surface area (Å²) in [5.41, 5.74) is 1.36. The molecular formula is C17H29NO. The lowest BCUT2D eigenvalue weighted by molar-refractivity contribution is 0.315. The van der Waals surface area contributed by atoms with Crippen LogP contribution in [-0.2, 0) is 6.54 Å². The average molecular weight is 263 g/mol. The summed E-state index contributed by atoms with van der Waals surface area (Å²) in [7, 11) is 2.20. The Morgan fingerprint density at radius 3 is 2.26 bits per heavy atom. The smallest absolute Gasteiger partial charge is 0.119 e. The molecule has 0 aliphatic heterocycles. The van der Waals surface area contributed by atoms with E-state index in [9.17, 15) is 0 Å². The van der Waals surface area contributed by atoms with Gasteiger partial charge in [-0.1, -0.05) is 44.7 Å². The third-order valence-corrected chi connectivity index (χ3v) is 3.33. The van der Waals surface area contributed by atoms with E-state index in [-0.39, 0.29) is 0 Å². The summed E-state index contributed by atoms with van der Waals surface area (Å²) in [4.78, 5) is 2.40. The summed E-state index contributed by atoms with van der Waals surface area (Å²) in [6, 6.07) is 8.46. The van der Waals surface area contributed by atoms with E-state index in [1.54, 1.807) is 0 Å². The largest absolute Gasteiger partial charge is 0.494 e. The van der Waals surface area contributed by atoms with Crippen LogP contribution in [0.15, 0.2) is 24.3 Å². The van der Waals surface area contributed by atoms with Gasteiger partial charge in [0, 0.05) is 6.54 Å². The Morgan fingerprint density at radius 2 is 1.63 bits per heavy atom. The molecule has 0 fully saturated rings. The van der Waals surface area contributed by atoms with Crippen molar-refractivity contribution in [2.75, 3.05) is 20.2 Å². The van der Waals surface area contributed by atoms with Gasteiger partial charge in [0.2, 0.25) is 0 Å². The number of rotatable bonds is 10. The molecule has 0 radical (unpaired) electrons. The quantitative estimate of drug-likeness (QED) is 0.577. The Morgan fingerprint density at radius 1 is 0.947 bits per heavy atom. The number of benzene rings is 1. The van der Waals surface area contributed by atoms with Crippen molar-refractivity contribution >= 4 is 0 Å². The summed E-state index contributed by atoms with van der Waals surface area (Å²) in [5, 5.41) is 0. The van der Waals surface area contributed by atoms with E-state index in [0.717, 1.165) is 18.9 Å². The molecule has 0 aliphatic rings. The predicted octanol–water partition coefficient (Wildman–Crippen LogP) is 4.49. The molecule has 0 saturated carbocycles. The molecule has 0 unspecified atom stereocenters. The third-order valence-electron chi connectivity index (χ3n) is 3.33. The van der Waals surface area contributed by atoms with Crippen LogP contribution in [0.25, 0.3) is 0 Å². The molecule has 0 bridgehead atoms. The third kappa shape index (κ3) is 7.22. The molecule has 0 aliphatic carbocycles. The van der Waals surface area contributed by atoms with Gasteiger partial charge >= 0.3 is 0 Å². The summed E-state index contributed by atoms with van der Waals surface area (Å²) in [5.74, 6) is 0.966. The summed E-state index contributed by atoms with van der Waals surface area (Å²) in [6.07, 6.45) is 6.76. The molecule has 0 saturated heterocycles. The highest BCUT2D eigenvalue weighted by molar-refractivity contribution is 5.27. The highest BCUT2D eigenvalue weighted by atomic mass is 16.5. The Hall–Kier alpha value is -1.02. The van der Waals surface area contributed by atoms with Crippen LogP contribution in [0.5, 0.6) is 5.75 Å². The molecule has 2 heteroatoms. The average Bonchev–Trinajstić information content (AvgIpc) is 2.41. The van der Waals surface area contributed by atoms with Crippen molar-refractivity contribution in [1.82, 2.24) is 4.90 Å². The maximum Gasteiger partial charge on any atom is 0.119 e. The van der Waals surface area contributed by atoms with Crippen LogP contribution in [0.2, 0.25) is 0 Å². The van der Waals surface area contributed by atoms with Gasteiger partial charge in [0.1, 0.15) is 5.75 Å². The molecule has 0 N–H and O–H groups in total. The Bertz CT molecular complexity index is 321. The van der Waals surface area contributed by atoms with Crippen LogP contribution in [-0.4, -0.2) is 25.1 Å². The molecule has 0 amide bonds. The van der Waals surface area contributed by atoms with E-state index < -0.39 is 0 Å². The van der Waals surface area contributed by atoms with Gasteiger partial charge < -0.3 is 9.64 Å². The lowest BCUT2D eigenvalue weighted by atomic mass is 10.1. The summed E-state index contributed by atoms with van der Waals surface area (Å²) in [6.45, 7) is 7.23. The first-order valence-electron chi connectivity index (χ1n) is 7.66. The fourth-order valence-corrected chi connectivity index (χ4v) is 2.23. The molecule has 0 heterocycles. The van der Waals surface area contributed by atoms with Crippen LogP contribution in [0.4, 0.5) is 0 Å². The highest BCUT2D eigenvalue weighted by Gasteiger charge is 2.01. The Balaban J connectivity index is 2.22. The van der Waals surface area contributed by atoms with Crippen molar-refractivity contribution < 1.29 is 4.74 Å². The summed E-state index contributed by atoms with van der Waals surface area (Å²) < 4.78 is 5.45. The second kappa shape index (κ2) is 9.85. The van der Waals surface area contributed by atoms with Gasteiger partial charge in [-0.05, 0) is 44.6 Å². The number of nitrogens with zero attached hydrogens (tertiary/aromatic N) is 1. The zero-order valence-electron chi connectivity index (χ0n) is 12.8. The van der Waals surface area contributed by atoms with Crippen LogP contribution in [0.1, 0.15) is 51.5 Å². The molecule has 0 atom stereocenters. The van der Waals surface area contributed by atoms with Crippen molar-refractivity contribution in [3.8, 4) is 5.75 Å². The molecule has 19 heavy (non-hydrogen) atoms. The Labute approximate surface area is 118 Å². The molecule has 1 aromatic rings. The number of hydrogen-bond acceptors (Lipinski definition) is 2. The van der Waals surface area contributed by atoms with Crippen molar-refractivity contribution in [3.63, 3.8) is 0 Å².